The smallest absolute Gasteiger partial charge is 0.331 e. The van der Waals surface area contributed by atoms with Gasteiger partial charge in [0.2, 0.25) is 0 Å². The van der Waals surface area contributed by atoms with Crippen LogP contribution in [-0.4, -0.2) is 33.4 Å². The van der Waals surface area contributed by atoms with E-state index >= 15 is 0 Å². The van der Waals surface area contributed by atoms with Crippen LogP contribution in [0.5, 0.6) is 0 Å². The summed E-state index contributed by atoms with van der Waals surface area (Å²) >= 11 is 0. The van der Waals surface area contributed by atoms with Gasteiger partial charge in [0, 0.05) is 25.0 Å². The number of hydrogen-bond acceptors (Lipinski definition) is 3. The van der Waals surface area contributed by atoms with Crippen molar-refractivity contribution < 1.29 is 14.4 Å². The Bertz CT molecular complexity index is 653. The highest BCUT2D eigenvalue weighted by Crippen LogP contribution is 2.26. The molecule has 22 heavy (non-hydrogen) atoms. The molecule has 0 unspecified atom stereocenters. The molecule has 0 atom stereocenters. The number of nitrogens with zero attached hydrogens (tertiary/aromatic N) is 2. The molecule has 1 saturated carbocycles. The second-order valence-electron chi connectivity index (χ2n) is 5.83. The number of imide groups is 2. The largest absolute Gasteiger partial charge is 0.351 e. The molecular formula is C16H19N3O3. The van der Waals surface area contributed by atoms with E-state index in [1.807, 2.05) is 29.9 Å². The highest BCUT2D eigenvalue weighted by Gasteiger charge is 2.40. The molecule has 0 spiro atoms. The monoisotopic (exact) mass is 301 g/mol. The molecule has 0 aromatic carbocycles. The number of urea groups is 1. The van der Waals surface area contributed by atoms with E-state index in [4.69, 9.17) is 0 Å². The summed E-state index contributed by atoms with van der Waals surface area (Å²) in [5.41, 5.74) is 0.767. The maximum absolute atomic E-state index is 12.6. The molecule has 2 heterocycles. The topological polar surface area (TPSA) is 71.4 Å². The molecule has 1 aliphatic heterocycles. The molecule has 6 nitrogen and oxygen atoms in total. The van der Waals surface area contributed by atoms with E-state index in [-0.39, 0.29) is 11.6 Å². The Hall–Kier alpha value is -2.37. The number of aromatic nitrogens is 1. The van der Waals surface area contributed by atoms with Crippen LogP contribution in [0.1, 0.15) is 37.8 Å². The number of hydrogen-bond donors (Lipinski definition) is 1. The van der Waals surface area contributed by atoms with E-state index in [0.717, 1.165) is 37.8 Å². The Labute approximate surface area is 128 Å². The molecule has 1 aromatic heterocycles. The number of carbonyl (C=O) groups excluding carboxylic acids is 3. The van der Waals surface area contributed by atoms with E-state index in [0.29, 0.717) is 0 Å². The molecule has 1 aliphatic carbocycles. The maximum atomic E-state index is 12.6. The van der Waals surface area contributed by atoms with E-state index in [2.05, 4.69) is 5.32 Å². The number of nitrogens with one attached hydrogen (secondary N) is 1. The Balaban J connectivity index is 1.92. The maximum Gasteiger partial charge on any atom is 0.331 e. The Kier molecular flexibility index (Phi) is 3.83. The summed E-state index contributed by atoms with van der Waals surface area (Å²) in [7, 11) is 1.83. The summed E-state index contributed by atoms with van der Waals surface area (Å²) in [6.07, 6.45) is 8.14. The van der Waals surface area contributed by atoms with Crippen molar-refractivity contribution in [2.45, 2.75) is 38.1 Å². The minimum atomic E-state index is -0.622. The fourth-order valence-electron chi connectivity index (χ4n) is 3.11. The lowest BCUT2D eigenvalue weighted by Crippen LogP contribution is -2.58. The Morgan fingerprint density at radius 2 is 1.91 bits per heavy atom. The van der Waals surface area contributed by atoms with E-state index in [9.17, 15) is 14.4 Å². The third-order valence-corrected chi connectivity index (χ3v) is 4.35. The number of carbonyl (C=O) groups is 3. The van der Waals surface area contributed by atoms with Crippen molar-refractivity contribution in [1.29, 1.82) is 0 Å². The highest BCUT2D eigenvalue weighted by molar-refractivity contribution is 6.31. The summed E-state index contributed by atoms with van der Waals surface area (Å²) < 4.78 is 1.81. The Morgan fingerprint density at radius 3 is 2.55 bits per heavy atom. The second-order valence-corrected chi connectivity index (χ2v) is 5.83. The highest BCUT2D eigenvalue weighted by atomic mass is 16.2. The van der Waals surface area contributed by atoms with Crippen LogP contribution < -0.4 is 5.32 Å². The van der Waals surface area contributed by atoms with Crippen LogP contribution in [-0.2, 0) is 16.6 Å². The zero-order valence-electron chi connectivity index (χ0n) is 12.5. The first-order valence-corrected chi connectivity index (χ1v) is 7.60. The molecule has 0 radical (unpaired) electrons. The van der Waals surface area contributed by atoms with Crippen LogP contribution in [0.25, 0.3) is 6.08 Å². The first-order valence-electron chi connectivity index (χ1n) is 7.60. The van der Waals surface area contributed by atoms with E-state index < -0.39 is 17.8 Å². The lowest BCUT2D eigenvalue weighted by molar-refractivity contribution is -0.132. The van der Waals surface area contributed by atoms with Crippen LogP contribution in [0.4, 0.5) is 4.79 Å². The molecule has 1 aromatic rings. The summed E-state index contributed by atoms with van der Waals surface area (Å²) in [6, 6.07) is 2.95. The average molecular weight is 301 g/mol. The Morgan fingerprint density at radius 1 is 1.18 bits per heavy atom. The summed E-state index contributed by atoms with van der Waals surface area (Å²) in [5.74, 6) is -1.11. The molecule has 1 saturated heterocycles. The third kappa shape index (κ3) is 2.56. The fraction of sp³-hybridized carbons (Fsp3) is 0.438. The molecule has 116 valence electrons. The quantitative estimate of drug-likeness (QED) is 0.669. The van der Waals surface area contributed by atoms with Crippen molar-refractivity contribution in [2.75, 3.05) is 0 Å². The summed E-state index contributed by atoms with van der Waals surface area (Å²) in [6.45, 7) is 0. The van der Waals surface area contributed by atoms with Gasteiger partial charge < -0.3 is 4.57 Å². The molecule has 6 heteroatoms. The van der Waals surface area contributed by atoms with Crippen molar-refractivity contribution in [3.63, 3.8) is 0 Å². The van der Waals surface area contributed by atoms with Gasteiger partial charge in [0.15, 0.2) is 0 Å². The van der Waals surface area contributed by atoms with Gasteiger partial charge in [-0.25, -0.2) is 4.79 Å². The van der Waals surface area contributed by atoms with Gasteiger partial charge >= 0.3 is 6.03 Å². The van der Waals surface area contributed by atoms with Gasteiger partial charge in [-0.1, -0.05) is 19.3 Å². The lowest BCUT2D eigenvalue weighted by atomic mass is 9.93. The van der Waals surface area contributed by atoms with E-state index in [1.54, 1.807) is 6.08 Å². The third-order valence-electron chi connectivity index (χ3n) is 4.35. The van der Waals surface area contributed by atoms with Crippen molar-refractivity contribution in [1.82, 2.24) is 14.8 Å². The van der Waals surface area contributed by atoms with Gasteiger partial charge in [-0.3, -0.25) is 19.8 Å². The molecule has 2 aliphatic rings. The van der Waals surface area contributed by atoms with Gasteiger partial charge in [-0.2, -0.15) is 0 Å². The molecular weight excluding hydrogens is 282 g/mol. The van der Waals surface area contributed by atoms with Crippen molar-refractivity contribution in [2.24, 2.45) is 7.05 Å². The van der Waals surface area contributed by atoms with Crippen molar-refractivity contribution in [3.05, 3.63) is 29.6 Å². The SMILES string of the molecule is Cn1cccc1C=C1C(=O)NC(=O)N(C2CCCCC2)C1=O. The molecule has 2 fully saturated rings. The van der Waals surface area contributed by atoms with Gasteiger partial charge in [0.1, 0.15) is 5.57 Å². The number of barbiturate groups is 1. The van der Waals surface area contributed by atoms with Crippen LogP contribution in [0.15, 0.2) is 23.9 Å². The summed E-state index contributed by atoms with van der Waals surface area (Å²) in [4.78, 5) is 38.0. The van der Waals surface area contributed by atoms with Gasteiger partial charge in [-0.15, -0.1) is 0 Å². The zero-order chi connectivity index (χ0) is 15.7. The van der Waals surface area contributed by atoms with Crippen LogP contribution >= 0.6 is 0 Å². The number of amides is 4. The minimum Gasteiger partial charge on any atom is -0.351 e. The van der Waals surface area contributed by atoms with Gasteiger partial charge in [0.05, 0.1) is 0 Å². The van der Waals surface area contributed by atoms with Crippen LogP contribution in [0.3, 0.4) is 0 Å². The minimum absolute atomic E-state index is 0.0203. The predicted octanol–water partition coefficient (Wildman–Crippen LogP) is 1.82. The zero-order valence-corrected chi connectivity index (χ0v) is 12.5. The normalized spacial score (nSPS) is 22.3. The lowest BCUT2D eigenvalue weighted by Gasteiger charge is -2.35. The first kappa shape index (κ1) is 14.6. The van der Waals surface area contributed by atoms with Gasteiger partial charge in [0.25, 0.3) is 11.8 Å². The van der Waals surface area contributed by atoms with Crippen LogP contribution in [0, 0.1) is 0 Å². The van der Waals surface area contributed by atoms with Crippen LogP contribution in [0.2, 0.25) is 0 Å². The first-order chi connectivity index (χ1) is 10.6. The van der Waals surface area contributed by atoms with Crippen molar-refractivity contribution >= 4 is 23.9 Å². The molecule has 3 rings (SSSR count). The van der Waals surface area contributed by atoms with Crippen molar-refractivity contribution in [3.8, 4) is 0 Å². The molecule has 4 amide bonds. The number of aryl methyl sites for hydroxylation is 1. The number of rotatable bonds is 2. The predicted molar refractivity (Wildman–Crippen MR) is 80.6 cm³/mol. The molecule has 1 N–H and O–H groups in total. The summed E-state index contributed by atoms with van der Waals surface area (Å²) in [5, 5.41) is 2.29. The molecule has 0 bridgehead atoms. The fourth-order valence-corrected chi connectivity index (χ4v) is 3.11. The van der Waals surface area contributed by atoms with Gasteiger partial charge in [-0.05, 0) is 31.1 Å². The standard InChI is InChI=1S/C16H19N3O3/c1-18-9-5-8-12(18)10-13-14(20)17-16(22)19(15(13)21)11-6-3-2-4-7-11/h5,8-11H,2-4,6-7H2,1H3,(H,17,20,22). The second kappa shape index (κ2) is 5.79. The van der Waals surface area contributed by atoms with E-state index in [1.165, 1.54) is 4.90 Å². The average Bonchev–Trinajstić information content (AvgIpc) is 2.89.